The van der Waals surface area contributed by atoms with E-state index in [1.165, 1.54) is 6.42 Å². The first kappa shape index (κ1) is 16.1. The Morgan fingerprint density at radius 2 is 2.20 bits per heavy atom. The lowest BCUT2D eigenvalue weighted by Crippen LogP contribution is -2.25. The largest absolute Gasteiger partial charge is 0.451 e. The van der Waals surface area contributed by atoms with E-state index in [0.29, 0.717) is 22.9 Å². The molecule has 0 bridgehead atoms. The van der Waals surface area contributed by atoms with Crippen LogP contribution in [0.3, 0.4) is 0 Å². The van der Waals surface area contributed by atoms with E-state index in [9.17, 15) is 4.79 Å². The molecule has 0 unspecified atom stereocenters. The van der Waals surface area contributed by atoms with Crippen LogP contribution in [-0.4, -0.2) is 20.7 Å². The Balaban J connectivity index is 1.53. The minimum Gasteiger partial charge on any atom is -0.451 e. The number of benzene rings is 1. The van der Waals surface area contributed by atoms with E-state index in [4.69, 9.17) is 16.0 Å². The molecule has 25 heavy (non-hydrogen) atoms. The molecule has 1 aliphatic heterocycles. The fourth-order valence-corrected chi connectivity index (χ4v) is 3.50. The predicted molar refractivity (Wildman–Crippen MR) is 94.7 cm³/mol. The molecule has 0 fully saturated rings. The molecule has 0 aliphatic carbocycles. The summed E-state index contributed by atoms with van der Waals surface area (Å²) in [4.78, 5) is 12.6. The lowest BCUT2D eigenvalue weighted by molar-refractivity contribution is 0.0923. The minimum absolute atomic E-state index is 0.254. The van der Waals surface area contributed by atoms with Gasteiger partial charge in [0.15, 0.2) is 11.6 Å². The van der Waals surface area contributed by atoms with Gasteiger partial charge in [-0.25, -0.2) is 0 Å². The molecule has 0 saturated heterocycles. The van der Waals surface area contributed by atoms with Crippen LogP contribution in [0.15, 0.2) is 22.6 Å². The topological polar surface area (TPSA) is 73.0 Å². The van der Waals surface area contributed by atoms with Crippen molar-refractivity contribution < 1.29 is 9.21 Å². The van der Waals surface area contributed by atoms with Crippen LogP contribution in [-0.2, 0) is 19.5 Å². The highest BCUT2D eigenvalue weighted by molar-refractivity contribution is 6.31. The van der Waals surface area contributed by atoms with Gasteiger partial charge in [-0.15, -0.1) is 10.2 Å². The number of amides is 1. The van der Waals surface area contributed by atoms with Crippen molar-refractivity contribution in [1.29, 1.82) is 0 Å². The van der Waals surface area contributed by atoms with Gasteiger partial charge in [0.2, 0.25) is 0 Å². The smallest absolute Gasteiger partial charge is 0.287 e. The molecular weight excluding hydrogens is 340 g/mol. The average Bonchev–Trinajstić information content (AvgIpc) is 3.04. The lowest BCUT2D eigenvalue weighted by Gasteiger charge is -2.07. The number of aryl methyl sites for hydroxylation is 2. The summed E-state index contributed by atoms with van der Waals surface area (Å²) in [7, 11) is 0. The van der Waals surface area contributed by atoms with E-state index in [0.717, 1.165) is 48.4 Å². The molecule has 6 nitrogen and oxygen atoms in total. The number of hydrogen-bond donors (Lipinski definition) is 1. The van der Waals surface area contributed by atoms with Gasteiger partial charge in [-0.3, -0.25) is 4.79 Å². The Labute approximate surface area is 150 Å². The zero-order valence-corrected chi connectivity index (χ0v) is 14.8. The van der Waals surface area contributed by atoms with E-state index in [2.05, 4.69) is 20.1 Å². The highest BCUT2D eigenvalue weighted by Crippen LogP contribution is 2.27. The van der Waals surface area contributed by atoms with E-state index < -0.39 is 0 Å². The molecule has 3 heterocycles. The van der Waals surface area contributed by atoms with Crippen molar-refractivity contribution in [3.05, 3.63) is 46.2 Å². The summed E-state index contributed by atoms with van der Waals surface area (Å²) < 4.78 is 7.83. The van der Waals surface area contributed by atoms with Gasteiger partial charge in [-0.05, 0) is 38.0 Å². The quantitative estimate of drug-likeness (QED) is 0.775. The van der Waals surface area contributed by atoms with Crippen LogP contribution in [0.2, 0.25) is 5.02 Å². The van der Waals surface area contributed by atoms with E-state index >= 15 is 0 Å². The van der Waals surface area contributed by atoms with Gasteiger partial charge < -0.3 is 14.3 Å². The molecule has 2 aromatic heterocycles. The van der Waals surface area contributed by atoms with E-state index in [-0.39, 0.29) is 5.91 Å². The van der Waals surface area contributed by atoms with Crippen molar-refractivity contribution in [1.82, 2.24) is 20.1 Å². The molecular formula is C18H19ClN4O2. The number of nitrogens with one attached hydrogen (secondary N) is 1. The number of nitrogens with zero attached hydrogens (tertiary/aromatic N) is 3. The molecule has 1 N–H and O–H groups in total. The molecule has 1 aliphatic rings. The molecule has 3 aromatic rings. The summed E-state index contributed by atoms with van der Waals surface area (Å²) in [5.74, 6) is 1.86. The van der Waals surface area contributed by atoms with Crippen molar-refractivity contribution in [2.24, 2.45) is 0 Å². The zero-order valence-electron chi connectivity index (χ0n) is 14.0. The number of furan rings is 1. The Morgan fingerprint density at radius 1 is 1.32 bits per heavy atom. The molecule has 4 rings (SSSR count). The standard InChI is InChI=1S/C18H19ClN4O2/c1-11-13-9-12(19)6-7-14(13)25-17(11)18(24)20-10-16-22-21-15-5-3-2-4-8-23(15)16/h6-7,9H,2-5,8,10H2,1H3,(H,20,24). The van der Waals surface area contributed by atoms with Crippen LogP contribution in [0.25, 0.3) is 11.0 Å². The van der Waals surface area contributed by atoms with Crippen LogP contribution in [0.4, 0.5) is 0 Å². The third-order valence-electron chi connectivity index (χ3n) is 4.70. The maximum Gasteiger partial charge on any atom is 0.287 e. The molecule has 7 heteroatoms. The number of aromatic nitrogens is 3. The fraction of sp³-hybridized carbons (Fsp3) is 0.389. The second-order valence-electron chi connectivity index (χ2n) is 6.37. The van der Waals surface area contributed by atoms with Gasteiger partial charge in [0.1, 0.15) is 11.4 Å². The predicted octanol–water partition coefficient (Wildman–Crippen LogP) is 3.64. The molecule has 0 radical (unpaired) electrons. The number of carbonyl (C=O) groups is 1. The van der Waals surface area contributed by atoms with Gasteiger partial charge in [0.25, 0.3) is 5.91 Å². The Kier molecular flexibility index (Phi) is 4.21. The van der Waals surface area contributed by atoms with Crippen LogP contribution < -0.4 is 5.32 Å². The first-order chi connectivity index (χ1) is 12.1. The molecule has 0 atom stereocenters. The summed E-state index contributed by atoms with van der Waals surface area (Å²) in [6, 6.07) is 5.34. The first-order valence-electron chi connectivity index (χ1n) is 8.51. The zero-order chi connectivity index (χ0) is 17.4. The lowest BCUT2D eigenvalue weighted by atomic mass is 10.1. The highest BCUT2D eigenvalue weighted by Gasteiger charge is 2.20. The van der Waals surface area contributed by atoms with Crippen molar-refractivity contribution in [2.75, 3.05) is 0 Å². The Hall–Kier alpha value is -2.34. The second-order valence-corrected chi connectivity index (χ2v) is 6.81. The normalized spacial score (nSPS) is 14.3. The molecule has 130 valence electrons. The Morgan fingerprint density at radius 3 is 3.08 bits per heavy atom. The van der Waals surface area contributed by atoms with E-state index in [1.54, 1.807) is 12.1 Å². The molecule has 1 aromatic carbocycles. The minimum atomic E-state index is -0.254. The summed E-state index contributed by atoms with van der Waals surface area (Å²) >= 11 is 6.03. The van der Waals surface area contributed by atoms with Gasteiger partial charge in [-0.1, -0.05) is 18.0 Å². The summed E-state index contributed by atoms with van der Waals surface area (Å²) in [5.41, 5.74) is 1.44. The average molecular weight is 359 g/mol. The van der Waals surface area contributed by atoms with Crippen LogP contribution in [0.5, 0.6) is 0 Å². The van der Waals surface area contributed by atoms with Crippen molar-refractivity contribution in [3.8, 4) is 0 Å². The number of carbonyl (C=O) groups excluding carboxylic acids is 1. The van der Waals surface area contributed by atoms with Crippen LogP contribution in [0.1, 0.15) is 47.0 Å². The van der Waals surface area contributed by atoms with Gasteiger partial charge >= 0.3 is 0 Å². The van der Waals surface area contributed by atoms with Crippen molar-refractivity contribution in [2.45, 2.75) is 45.7 Å². The Bertz CT molecular complexity index is 944. The van der Waals surface area contributed by atoms with E-state index in [1.807, 2.05) is 13.0 Å². The first-order valence-corrected chi connectivity index (χ1v) is 8.89. The fourth-order valence-electron chi connectivity index (χ4n) is 3.33. The maximum atomic E-state index is 12.6. The monoisotopic (exact) mass is 358 g/mol. The van der Waals surface area contributed by atoms with Gasteiger partial charge in [0, 0.05) is 28.9 Å². The van der Waals surface area contributed by atoms with Crippen molar-refractivity contribution >= 4 is 28.5 Å². The van der Waals surface area contributed by atoms with Crippen LogP contribution in [0, 0.1) is 6.92 Å². The number of fused-ring (bicyclic) bond motifs is 2. The highest BCUT2D eigenvalue weighted by atomic mass is 35.5. The van der Waals surface area contributed by atoms with Crippen LogP contribution >= 0.6 is 11.6 Å². The number of hydrogen-bond acceptors (Lipinski definition) is 4. The number of halogens is 1. The molecule has 1 amide bonds. The van der Waals surface area contributed by atoms with Gasteiger partial charge in [-0.2, -0.15) is 0 Å². The summed E-state index contributed by atoms with van der Waals surface area (Å²) in [5, 5.41) is 12.9. The van der Waals surface area contributed by atoms with Crippen molar-refractivity contribution in [3.63, 3.8) is 0 Å². The summed E-state index contributed by atoms with van der Waals surface area (Å²) in [6.45, 7) is 3.11. The number of rotatable bonds is 3. The van der Waals surface area contributed by atoms with Gasteiger partial charge in [0.05, 0.1) is 6.54 Å². The summed E-state index contributed by atoms with van der Waals surface area (Å²) in [6.07, 6.45) is 4.42. The third kappa shape index (κ3) is 3.02. The maximum absolute atomic E-state index is 12.6. The second kappa shape index (κ2) is 6.52. The SMILES string of the molecule is Cc1c(C(=O)NCc2nnc3n2CCCCC3)oc2ccc(Cl)cc12. The molecule has 0 saturated carbocycles. The third-order valence-corrected chi connectivity index (χ3v) is 4.93. The molecule has 0 spiro atoms.